The highest BCUT2D eigenvalue weighted by Crippen LogP contribution is 2.44. The van der Waals surface area contributed by atoms with Crippen molar-refractivity contribution < 1.29 is 18.7 Å². The highest BCUT2D eigenvalue weighted by molar-refractivity contribution is 6.74. The van der Waals surface area contributed by atoms with Gasteiger partial charge in [-0.05, 0) is 37.9 Å². The van der Waals surface area contributed by atoms with Crippen LogP contribution in [0.15, 0.2) is 12.2 Å². The number of methoxy groups -OCH3 is 1. The molecule has 25 heavy (non-hydrogen) atoms. The predicted molar refractivity (Wildman–Crippen MR) is 105 cm³/mol. The van der Waals surface area contributed by atoms with E-state index in [1.807, 2.05) is 26.8 Å². The molecule has 1 fully saturated rings. The van der Waals surface area contributed by atoms with Crippen molar-refractivity contribution in [2.24, 2.45) is 5.41 Å². The first kappa shape index (κ1) is 22.5. The molecule has 0 amide bonds. The van der Waals surface area contributed by atoms with Crippen molar-refractivity contribution in [1.82, 2.24) is 0 Å². The van der Waals surface area contributed by atoms with Crippen molar-refractivity contribution in [2.45, 2.75) is 90.8 Å². The number of ketones is 1. The van der Waals surface area contributed by atoms with Gasteiger partial charge in [-0.15, -0.1) is 0 Å². The first-order valence-corrected chi connectivity index (χ1v) is 12.2. The van der Waals surface area contributed by atoms with Gasteiger partial charge in [0.15, 0.2) is 14.1 Å². The van der Waals surface area contributed by atoms with E-state index in [-0.39, 0.29) is 16.9 Å². The lowest BCUT2D eigenvalue weighted by Gasteiger charge is -2.49. The van der Waals surface area contributed by atoms with Crippen LogP contribution in [0.2, 0.25) is 18.1 Å². The van der Waals surface area contributed by atoms with Gasteiger partial charge in [-0.25, -0.2) is 0 Å². The van der Waals surface area contributed by atoms with Gasteiger partial charge in [-0.1, -0.05) is 46.8 Å². The molecule has 0 spiro atoms. The number of Topliss-reactive ketones (excluding diaryl/α,β-unsaturated/α-hetero) is 1. The third-order valence-corrected chi connectivity index (χ3v) is 10.3. The number of carbonyl (C=O) groups excluding carboxylic acids is 1. The molecule has 4 nitrogen and oxygen atoms in total. The van der Waals surface area contributed by atoms with Crippen molar-refractivity contribution in [3.05, 3.63) is 12.2 Å². The van der Waals surface area contributed by atoms with E-state index in [0.717, 1.165) is 12.8 Å². The van der Waals surface area contributed by atoms with E-state index in [1.165, 1.54) is 0 Å². The molecule has 0 aromatic carbocycles. The molecule has 0 aromatic rings. The Morgan fingerprint density at radius 2 is 1.88 bits per heavy atom. The highest BCUT2D eigenvalue weighted by atomic mass is 28.4. The minimum atomic E-state index is -1.92. The van der Waals surface area contributed by atoms with Crippen LogP contribution in [0.4, 0.5) is 0 Å². The van der Waals surface area contributed by atoms with Gasteiger partial charge in [0.05, 0.1) is 6.10 Å². The maximum atomic E-state index is 12.8. The van der Waals surface area contributed by atoms with Crippen LogP contribution in [0.1, 0.15) is 60.8 Å². The summed E-state index contributed by atoms with van der Waals surface area (Å²) in [6.07, 6.45) is 6.13. The fraction of sp³-hybridized carbons (Fsp3) is 0.850. The average Bonchev–Trinajstić information content (AvgIpc) is 2.51. The second-order valence-corrected chi connectivity index (χ2v) is 14.1. The Hall–Kier alpha value is -0.493. The molecular formula is C20H38O4Si. The lowest BCUT2D eigenvalue weighted by molar-refractivity contribution is -0.294. The number of rotatable bonds is 7. The Bertz CT molecular complexity index is 490. The van der Waals surface area contributed by atoms with Crippen LogP contribution in [0.3, 0.4) is 0 Å². The third kappa shape index (κ3) is 4.82. The first-order chi connectivity index (χ1) is 11.3. The normalized spacial score (nSPS) is 26.4. The summed E-state index contributed by atoms with van der Waals surface area (Å²) in [6.45, 7) is 17.6. The Labute approximate surface area is 155 Å². The fourth-order valence-electron chi connectivity index (χ4n) is 2.92. The maximum Gasteiger partial charge on any atom is 0.236 e. The Morgan fingerprint density at radius 3 is 2.36 bits per heavy atom. The molecule has 0 bridgehead atoms. The lowest BCUT2D eigenvalue weighted by atomic mass is 9.78. The number of allylic oxidation sites excluding steroid dienone is 1. The molecule has 0 N–H and O–H groups in total. The molecule has 1 aliphatic heterocycles. The van der Waals surface area contributed by atoms with Crippen molar-refractivity contribution in [1.29, 1.82) is 0 Å². The van der Waals surface area contributed by atoms with Gasteiger partial charge in [0.25, 0.3) is 0 Å². The van der Waals surface area contributed by atoms with Crippen molar-refractivity contribution in [2.75, 3.05) is 13.7 Å². The number of carbonyl (C=O) groups is 1. The van der Waals surface area contributed by atoms with Crippen molar-refractivity contribution in [3.8, 4) is 0 Å². The Kier molecular flexibility index (Phi) is 7.24. The van der Waals surface area contributed by atoms with E-state index < -0.39 is 19.5 Å². The van der Waals surface area contributed by atoms with Gasteiger partial charge >= 0.3 is 0 Å². The standard InChI is InChI=1S/C20H38O4Si/c1-10-11-12-16-13-14-17(21)20(22-7,24-16)19(5,6)15-23-25(8,9)18(2,3)4/h10-11,16H,12-15H2,1-9H3/b11-10+/t16-,20-/m1/s1. The van der Waals surface area contributed by atoms with Gasteiger partial charge in [0.1, 0.15) is 0 Å². The molecule has 2 atom stereocenters. The van der Waals surface area contributed by atoms with Crippen LogP contribution in [0.25, 0.3) is 0 Å². The zero-order valence-electron chi connectivity index (χ0n) is 17.7. The number of ether oxygens (including phenoxy) is 2. The molecule has 0 aliphatic carbocycles. The van der Waals surface area contributed by atoms with Gasteiger partial charge in [0, 0.05) is 25.6 Å². The van der Waals surface area contributed by atoms with E-state index in [9.17, 15) is 4.79 Å². The van der Waals surface area contributed by atoms with Crippen molar-refractivity contribution in [3.63, 3.8) is 0 Å². The molecule has 0 radical (unpaired) electrons. The van der Waals surface area contributed by atoms with Gasteiger partial charge in [0.2, 0.25) is 5.79 Å². The topological polar surface area (TPSA) is 44.8 Å². The summed E-state index contributed by atoms with van der Waals surface area (Å²) in [5.41, 5.74) is -0.567. The third-order valence-electron chi connectivity index (χ3n) is 5.81. The molecule has 146 valence electrons. The van der Waals surface area contributed by atoms with Crippen LogP contribution in [-0.2, 0) is 18.7 Å². The van der Waals surface area contributed by atoms with Crippen molar-refractivity contribution >= 4 is 14.1 Å². The fourth-order valence-corrected chi connectivity index (χ4v) is 4.07. The van der Waals surface area contributed by atoms with E-state index in [1.54, 1.807) is 7.11 Å². The quantitative estimate of drug-likeness (QED) is 0.462. The van der Waals surface area contributed by atoms with E-state index in [2.05, 4.69) is 39.9 Å². The average molecular weight is 371 g/mol. The molecule has 1 rings (SSSR count). The Balaban J connectivity index is 3.01. The predicted octanol–water partition coefficient (Wildman–Crippen LogP) is 5.09. The van der Waals surface area contributed by atoms with Crippen LogP contribution >= 0.6 is 0 Å². The zero-order chi connectivity index (χ0) is 19.5. The van der Waals surface area contributed by atoms with E-state index in [0.29, 0.717) is 13.0 Å². The summed E-state index contributed by atoms with van der Waals surface area (Å²) in [5.74, 6) is -1.21. The molecule has 1 aliphatic rings. The SMILES string of the molecule is C/C=C/C[C@@H]1CCC(=O)[C@](OC)(C(C)(C)CO[Si](C)(C)C(C)(C)C)O1. The van der Waals surface area contributed by atoms with Crippen LogP contribution < -0.4 is 0 Å². The largest absolute Gasteiger partial charge is 0.416 e. The molecule has 0 unspecified atom stereocenters. The molecule has 1 heterocycles. The van der Waals surface area contributed by atoms with Gasteiger partial charge in [-0.3, -0.25) is 4.79 Å². The van der Waals surface area contributed by atoms with E-state index >= 15 is 0 Å². The lowest BCUT2D eigenvalue weighted by Crippen LogP contribution is -2.61. The first-order valence-electron chi connectivity index (χ1n) is 9.34. The van der Waals surface area contributed by atoms with Gasteiger partial charge in [-0.2, -0.15) is 0 Å². The second kappa shape index (κ2) is 8.03. The maximum absolute atomic E-state index is 12.8. The molecule has 0 aromatic heterocycles. The Morgan fingerprint density at radius 1 is 1.28 bits per heavy atom. The zero-order valence-corrected chi connectivity index (χ0v) is 18.7. The monoisotopic (exact) mass is 370 g/mol. The van der Waals surface area contributed by atoms with Crippen LogP contribution in [0.5, 0.6) is 0 Å². The summed E-state index contributed by atoms with van der Waals surface area (Å²) in [6, 6.07) is 0. The minimum Gasteiger partial charge on any atom is -0.416 e. The number of hydrogen-bond donors (Lipinski definition) is 0. The highest BCUT2D eigenvalue weighted by Gasteiger charge is 2.56. The summed E-state index contributed by atoms with van der Waals surface area (Å²) >= 11 is 0. The van der Waals surface area contributed by atoms with Gasteiger partial charge < -0.3 is 13.9 Å². The molecule has 1 saturated heterocycles. The van der Waals surface area contributed by atoms with Crippen LogP contribution in [0, 0.1) is 5.41 Å². The summed E-state index contributed by atoms with van der Waals surface area (Å²) in [4.78, 5) is 12.8. The molecular weight excluding hydrogens is 332 g/mol. The minimum absolute atomic E-state index is 0.000922. The van der Waals surface area contributed by atoms with Crippen LogP contribution in [-0.4, -0.2) is 39.7 Å². The summed E-state index contributed by atoms with van der Waals surface area (Å²) < 4.78 is 18.4. The number of hydrogen-bond acceptors (Lipinski definition) is 4. The summed E-state index contributed by atoms with van der Waals surface area (Å²) in [7, 11) is -0.344. The summed E-state index contributed by atoms with van der Waals surface area (Å²) in [5, 5.41) is 0.120. The van der Waals surface area contributed by atoms with E-state index in [4.69, 9.17) is 13.9 Å². The molecule has 0 saturated carbocycles. The molecule has 5 heteroatoms. The second-order valence-electron chi connectivity index (χ2n) is 9.26. The smallest absolute Gasteiger partial charge is 0.236 e.